The van der Waals surface area contributed by atoms with Gasteiger partial charge in [-0.25, -0.2) is 8.42 Å². The maximum atomic E-state index is 12.5. The minimum Gasteiger partial charge on any atom is -0.356 e. The average molecular weight is 331 g/mol. The van der Waals surface area contributed by atoms with Crippen LogP contribution < -0.4 is 0 Å². The van der Waals surface area contributed by atoms with Crippen LogP contribution in [0.1, 0.15) is 24.3 Å². The van der Waals surface area contributed by atoms with Gasteiger partial charge < -0.3 is 9.88 Å². The topological polar surface area (TPSA) is 73.5 Å². The molecule has 1 aromatic rings. The lowest BCUT2D eigenvalue weighted by Crippen LogP contribution is -2.37. The number of nitrogens with one attached hydrogen (secondary N) is 1. The smallest absolute Gasteiger partial charge is 0.270 e. The van der Waals surface area contributed by atoms with Gasteiger partial charge in [0.25, 0.3) is 5.91 Å². The first-order valence-corrected chi connectivity index (χ1v) is 9.65. The molecule has 2 heterocycles. The number of carbonyl (C=O) groups excluding carboxylic acids is 1. The van der Waals surface area contributed by atoms with Gasteiger partial charge in [0, 0.05) is 43.9 Å². The van der Waals surface area contributed by atoms with E-state index in [1.807, 2.05) is 13.8 Å². The number of hydrogen-bond acceptors (Lipinski definition) is 4. The molecule has 0 radical (unpaired) electrons. The number of H-pyrrole nitrogens is 1. The van der Waals surface area contributed by atoms with Crippen LogP contribution in [0, 0.1) is 0 Å². The molecule has 1 amide bonds. The van der Waals surface area contributed by atoms with Crippen molar-refractivity contribution in [1.29, 1.82) is 0 Å². The second-order valence-corrected chi connectivity index (χ2v) is 7.91. The molecule has 0 bridgehead atoms. The number of hydrogen-bond donors (Lipinski definition) is 1. The quantitative estimate of drug-likeness (QED) is 0.881. The summed E-state index contributed by atoms with van der Waals surface area (Å²) in [6, 6.07) is 1.44. The lowest BCUT2D eigenvalue weighted by atomic mass is 10.3. The number of nitrogens with zero attached hydrogens (tertiary/aromatic N) is 2. The number of aromatic amines is 1. The van der Waals surface area contributed by atoms with Crippen molar-refractivity contribution in [1.82, 2.24) is 14.2 Å². The molecular weight excluding hydrogens is 310 g/mol. The molecule has 118 valence electrons. The standard InChI is InChI=1S/C13H21N3O3S2/c1-3-15(4-2)13(17)12-9-11(10-14-12)21(18,19)16-5-7-20-8-6-16/h9-10,14H,3-8H2,1-2H3. The van der Waals surface area contributed by atoms with E-state index in [2.05, 4.69) is 4.98 Å². The van der Waals surface area contributed by atoms with Gasteiger partial charge in [-0.2, -0.15) is 16.1 Å². The van der Waals surface area contributed by atoms with Gasteiger partial charge in [-0.3, -0.25) is 4.79 Å². The van der Waals surface area contributed by atoms with Crippen LogP contribution in [0.3, 0.4) is 0 Å². The minimum absolute atomic E-state index is 0.171. The maximum absolute atomic E-state index is 12.5. The van der Waals surface area contributed by atoms with Gasteiger partial charge in [-0.05, 0) is 19.9 Å². The number of carbonyl (C=O) groups is 1. The third kappa shape index (κ3) is 3.44. The Hall–Kier alpha value is -0.990. The summed E-state index contributed by atoms with van der Waals surface area (Å²) < 4.78 is 26.5. The van der Waals surface area contributed by atoms with E-state index in [0.717, 1.165) is 11.5 Å². The summed E-state index contributed by atoms with van der Waals surface area (Å²) in [5, 5.41) is 0. The van der Waals surface area contributed by atoms with Crippen LogP contribution in [0.25, 0.3) is 0 Å². The molecule has 2 rings (SSSR count). The Labute approximate surface area is 129 Å². The highest BCUT2D eigenvalue weighted by Gasteiger charge is 2.28. The Kier molecular flexibility index (Phi) is 5.34. The van der Waals surface area contributed by atoms with Crippen LogP contribution in [0.4, 0.5) is 0 Å². The molecule has 1 fully saturated rings. The van der Waals surface area contributed by atoms with Gasteiger partial charge in [-0.1, -0.05) is 0 Å². The third-order valence-corrected chi connectivity index (χ3v) is 6.36. The second-order valence-electron chi connectivity index (χ2n) is 4.74. The van der Waals surface area contributed by atoms with Crippen molar-refractivity contribution < 1.29 is 13.2 Å². The van der Waals surface area contributed by atoms with E-state index >= 15 is 0 Å². The summed E-state index contributed by atoms with van der Waals surface area (Å²) >= 11 is 1.76. The highest BCUT2D eigenvalue weighted by molar-refractivity contribution is 7.99. The van der Waals surface area contributed by atoms with Crippen molar-refractivity contribution in [3.05, 3.63) is 18.0 Å². The fraction of sp³-hybridized carbons (Fsp3) is 0.615. The van der Waals surface area contributed by atoms with E-state index in [1.165, 1.54) is 16.6 Å². The van der Waals surface area contributed by atoms with E-state index in [-0.39, 0.29) is 10.8 Å². The van der Waals surface area contributed by atoms with Gasteiger partial charge in [0.15, 0.2) is 0 Å². The van der Waals surface area contributed by atoms with Crippen molar-refractivity contribution in [2.24, 2.45) is 0 Å². The molecule has 1 aliphatic heterocycles. The Morgan fingerprint density at radius 2 is 1.95 bits per heavy atom. The number of amides is 1. The summed E-state index contributed by atoms with van der Waals surface area (Å²) in [4.78, 5) is 16.8. The third-order valence-electron chi connectivity index (χ3n) is 3.55. The maximum Gasteiger partial charge on any atom is 0.270 e. The molecule has 8 heteroatoms. The normalized spacial score (nSPS) is 16.9. The molecule has 1 aromatic heterocycles. The van der Waals surface area contributed by atoms with Crippen LogP contribution in [0.5, 0.6) is 0 Å². The molecule has 6 nitrogen and oxygen atoms in total. The molecule has 1 aliphatic rings. The van der Waals surface area contributed by atoms with Crippen molar-refractivity contribution >= 4 is 27.7 Å². The summed E-state index contributed by atoms with van der Waals surface area (Å²) in [7, 11) is -3.50. The predicted molar refractivity (Wildman–Crippen MR) is 84.1 cm³/mol. The first kappa shape index (κ1) is 16.4. The van der Waals surface area contributed by atoms with Crippen LogP contribution in [-0.2, 0) is 10.0 Å². The molecule has 0 aliphatic carbocycles. The zero-order valence-electron chi connectivity index (χ0n) is 12.3. The first-order chi connectivity index (χ1) is 10.0. The lowest BCUT2D eigenvalue weighted by Gasteiger charge is -2.24. The molecule has 1 saturated heterocycles. The highest BCUT2D eigenvalue weighted by atomic mass is 32.2. The number of aromatic nitrogens is 1. The second kappa shape index (κ2) is 6.85. The van der Waals surface area contributed by atoms with Crippen LogP contribution >= 0.6 is 11.8 Å². The van der Waals surface area contributed by atoms with Gasteiger partial charge in [0.05, 0.1) is 0 Å². The number of rotatable bonds is 5. The van der Waals surface area contributed by atoms with E-state index in [0.29, 0.717) is 31.9 Å². The first-order valence-electron chi connectivity index (χ1n) is 7.06. The summed E-state index contributed by atoms with van der Waals surface area (Å²) in [5.74, 6) is 1.46. The molecule has 0 atom stereocenters. The Morgan fingerprint density at radius 1 is 1.33 bits per heavy atom. The molecule has 0 aromatic carbocycles. The Bertz CT molecular complexity index is 588. The van der Waals surface area contributed by atoms with E-state index < -0.39 is 10.0 Å². The molecule has 0 unspecified atom stereocenters. The number of thioether (sulfide) groups is 1. The summed E-state index contributed by atoms with van der Waals surface area (Å²) in [6.07, 6.45) is 1.41. The van der Waals surface area contributed by atoms with E-state index in [4.69, 9.17) is 0 Å². The van der Waals surface area contributed by atoms with Crippen molar-refractivity contribution in [2.75, 3.05) is 37.7 Å². The van der Waals surface area contributed by atoms with Crippen molar-refractivity contribution in [3.63, 3.8) is 0 Å². The van der Waals surface area contributed by atoms with Gasteiger partial charge in [0.1, 0.15) is 10.6 Å². The fourth-order valence-electron chi connectivity index (χ4n) is 2.26. The molecule has 0 spiro atoms. The molecule has 21 heavy (non-hydrogen) atoms. The Balaban J connectivity index is 2.20. The monoisotopic (exact) mass is 331 g/mol. The van der Waals surface area contributed by atoms with Crippen LogP contribution in [0.2, 0.25) is 0 Å². The highest BCUT2D eigenvalue weighted by Crippen LogP contribution is 2.21. The van der Waals surface area contributed by atoms with Crippen LogP contribution in [0.15, 0.2) is 17.2 Å². The average Bonchev–Trinajstić information content (AvgIpc) is 3.00. The zero-order valence-corrected chi connectivity index (χ0v) is 14.0. The minimum atomic E-state index is -3.50. The van der Waals surface area contributed by atoms with Crippen LogP contribution in [-0.4, -0.2) is 66.2 Å². The van der Waals surface area contributed by atoms with Gasteiger partial charge >= 0.3 is 0 Å². The summed E-state index contributed by atoms with van der Waals surface area (Å²) in [6.45, 7) is 6.04. The lowest BCUT2D eigenvalue weighted by molar-refractivity contribution is 0.0768. The SMILES string of the molecule is CCN(CC)C(=O)c1cc(S(=O)(=O)N2CCSCC2)c[nH]1. The predicted octanol–water partition coefficient (Wildman–Crippen LogP) is 1.23. The van der Waals surface area contributed by atoms with Gasteiger partial charge in [0.2, 0.25) is 10.0 Å². The Morgan fingerprint density at radius 3 is 2.52 bits per heavy atom. The zero-order chi connectivity index (χ0) is 15.5. The molecular formula is C13H21N3O3S2. The van der Waals surface area contributed by atoms with E-state index in [9.17, 15) is 13.2 Å². The largest absolute Gasteiger partial charge is 0.356 e. The number of sulfonamides is 1. The van der Waals surface area contributed by atoms with Gasteiger partial charge in [-0.15, -0.1) is 0 Å². The van der Waals surface area contributed by atoms with Crippen molar-refractivity contribution in [2.45, 2.75) is 18.7 Å². The molecule has 0 saturated carbocycles. The van der Waals surface area contributed by atoms with E-state index in [1.54, 1.807) is 16.7 Å². The fourth-order valence-corrected chi connectivity index (χ4v) is 4.83. The van der Waals surface area contributed by atoms with Crippen molar-refractivity contribution in [3.8, 4) is 0 Å². The molecule has 1 N–H and O–H groups in total. The summed E-state index contributed by atoms with van der Waals surface area (Å²) in [5.41, 5.74) is 0.323.